The van der Waals surface area contributed by atoms with Gasteiger partial charge in [-0.3, -0.25) is 29.0 Å². The van der Waals surface area contributed by atoms with E-state index in [9.17, 15) is 28.8 Å². The largest absolute Gasteiger partial charge is 0.460 e. The van der Waals surface area contributed by atoms with Crippen molar-refractivity contribution < 1.29 is 47.7 Å². The Kier molecular flexibility index (Phi) is 11.5. The number of aromatic amines is 1. The van der Waals surface area contributed by atoms with Crippen LogP contribution in [0.4, 0.5) is 11.5 Å². The molecular formula is C23H30N4O11S. The van der Waals surface area contributed by atoms with Gasteiger partial charge in [0.1, 0.15) is 5.69 Å². The second-order valence-corrected chi connectivity index (χ2v) is 8.83. The van der Waals surface area contributed by atoms with Gasteiger partial charge in [0, 0.05) is 32.5 Å². The number of H-pyrrole nitrogens is 1. The summed E-state index contributed by atoms with van der Waals surface area (Å²) in [6, 6.07) is 0. The maximum Gasteiger partial charge on any atom is 0.379 e. The van der Waals surface area contributed by atoms with Gasteiger partial charge in [-0.1, -0.05) is 11.8 Å². The van der Waals surface area contributed by atoms with Crippen LogP contribution < -0.4 is 16.2 Å². The molecule has 214 valence electrons. The van der Waals surface area contributed by atoms with Gasteiger partial charge in [-0.15, -0.1) is 0 Å². The highest BCUT2D eigenvalue weighted by Gasteiger charge is 2.47. The molecule has 16 heteroatoms. The number of nitrogens with one attached hydrogen (secondary N) is 3. The molecular weight excluding hydrogens is 540 g/mol. The van der Waals surface area contributed by atoms with E-state index in [-0.39, 0.29) is 35.6 Å². The first-order valence-electron chi connectivity index (χ1n) is 11.6. The molecule has 1 aromatic heterocycles. The van der Waals surface area contributed by atoms with E-state index in [1.54, 1.807) is 13.2 Å². The molecule has 2 rings (SSSR count). The highest BCUT2D eigenvalue weighted by molar-refractivity contribution is 7.98. The second-order valence-electron chi connectivity index (χ2n) is 8.03. The van der Waals surface area contributed by atoms with E-state index in [4.69, 9.17) is 18.9 Å². The monoisotopic (exact) mass is 570 g/mol. The third kappa shape index (κ3) is 9.10. The SMILES string of the molecule is CCOC(=O)C(=O)/C=C(\C)Nc1c(NC2OCC(OC(C)=O)C(OC(C)=O)C2OC(C)=O)nc(SC)[nH]c1=O. The second kappa shape index (κ2) is 14.3. The Morgan fingerprint density at radius 1 is 1.05 bits per heavy atom. The summed E-state index contributed by atoms with van der Waals surface area (Å²) >= 11 is 1.12. The van der Waals surface area contributed by atoms with Crippen LogP contribution in [0, 0.1) is 0 Å². The number of carbonyl (C=O) groups is 5. The van der Waals surface area contributed by atoms with E-state index in [0.29, 0.717) is 0 Å². The van der Waals surface area contributed by atoms with Crippen molar-refractivity contribution in [3.63, 3.8) is 0 Å². The molecule has 15 nitrogen and oxygen atoms in total. The minimum Gasteiger partial charge on any atom is -0.460 e. The van der Waals surface area contributed by atoms with Crippen molar-refractivity contribution in [1.82, 2.24) is 9.97 Å². The average molecular weight is 571 g/mol. The molecule has 4 atom stereocenters. The molecule has 3 N–H and O–H groups in total. The Bertz CT molecular complexity index is 1200. The summed E-state index contributed by atoms with van der Waals surface area (Å²) in [4.78, 5) is 78.8. The average Bonchev–Trinajstić information content (AvgIpc) is 2.83. The van der Waals surface area contributed by atoms with Crippen LogP contribution in [0.3, 0.4) is 0 Å². The minimum atomic E-state index is -1.34. The summed E-state index contributed by atoms with van der Waals surface area (Å²) in [5.41, 5.74) is -0.717. The van der Waals surface area contributed by atoms with Crippen LogP contribution in [0.15, 0.2) is 21.7 Å². The normalized spacial score (nSPS) is 20.8. The standard InChI is InChI=1S/C23H30N4O11S/c1-7-34-22(33)14(31)8-10(2)24-16-19(26-23(39-6)27-20(16)32)25-21-18(38-13(5)30)17(37-12(4)29)15(9-35-21)36-11(3)28/h8,15,17-18,21,24H,7,9H2,1-6H3,(H2,25,26,27,32)/b10-8+. The molecule has 1 aliphatic heterocycles. The topological polar surface area (TPSA) is 201 Å². The quantitative estimate of drug-likeness (QED) is 0.0828. The number of ketones is 1. The number of nitrogens with zero attached hydrogens (tertiary/aromatic N) is 1. The fourth-order valence-corrected chi connectivity index (χ4v) is 3.84. The van der Waals surface area contributed by atoms with Gasteiger partial charge >= 0.3 is 23.9 Å². The lowest BCUT2D eigenvalue weighted by Gasteiger charge is -2.40. The fourth-order valence-electron chi connectivity index (χ4n) is 3.46. The number of allylic oxidation sites excluding steroid dienone is 1. The number of rotatable bonds is 11. The van der Waals surface area contributed by atoms with Gasteiger partial charge in [0.15, 0.2) is 35.5 Å². The van der Waals surface area contributed by atoms with Crippen LogP contribution in [-0.4, -0.2) is 83.6 Å². The molecule has 4 unspecified atom stereocenters. The van der Waals surface area contributed by atoms with Crippen molar-refractivity contribution in [2.75, 3.05) is 30.1 Å². The molecule has 39 heavy (non-hydrogen) atoms. The molecule has 1 aromatic rings. The number of hydrogen-bond acceptors (Lipinski definition) is 15. The molecule has 1 fully saturated rings. The fraction of sp³-hybridized carbons (Fsp3) is 0.522. The lowest BCUT2D eigenvalue weighted by molar-refractivity contribution is -0.221. The summed E-state index contributed by atoms with van der Waals surface area (Å²) in [7, 11) is 0. The van der Waals surface area contributed by atoms with E-state index in [0.717, 1.165) is 38.6 Å². The zero-order valence-corrected chi connectivity index (χ0v) is 23.0. The number of anilines is 2. The molecule has 0 aromatic carbocycles. The molecule has 0 radical (unpaired) electrons. The Hall–Kier alpha value is -3.92. The van der Waals surface area contributed by atoms with Crippen molar-refractivity contribution in [1.29, 1.82) is 0 Å². The van der Waals surface area contributed by atoms with Crippen molar-refractivity contribution in [2.45, 2.75) is 64.3 Å². The summed E-state index contributed by atoms with van der Waals surface area (Å²) < 4.78 is 26.3. The molecule has 0 amide bonds. The maximum absolute atomic E-state index is 12.9. The zero-order valence-electron chi connectivity index (χ0n) is 22.1. The van der Waals surface area contributed by atoms with Gasteiger partial charge in [-0.05, 0) is 20.1 Å². The number of ether oxygens (including phenoxy) is 5. The third-order valence-electron chi connectivity index (χ3n) is 4.87. The van der Waals surface area contributed by atoms with E-state index in [1.807, 2.05) is 0 Å². The lowest BCUT2D eigenvalue weighted by Crippen LogP contribution is -2.59. The molecule has 2 heterocycles. The Morgan fingerprint density at radius 3 is 2.23 bits per heavy atom. The number of carbonyl (C=O) groups excluding carboxylic acids is 5. The summed E-state index contributed by atoms with van der Waals surface area (Å²) in [6.07, 6.45) is -2.32. The molecule has 0 aliphatic carbocycles. The summed E-state index contributed by atoms with van der Waals surface area (Å²) in [5, 5.41) is 5.78. The van der Waals surface area contributed by atoms with Gasteiger partial charge in [-0.25, -0.2) is 9.78 Å². The molecule has 0 bridgehead atoms. The zero-order chi connectivity index (χ0) is 29.3. The van der Waals surface area contributed by atoms with Gasteiger partial charge < -0.3 is 34.3 Å². The maximum atomic E-state index is 12.9. The number of thioether (sulfide) groups is 1. The number of esters is 4. The van der Waals surface area contributed by atoms with Crippen LogP contribution in [0.2, 0.25) is 0 Å². The van der Waals surface area contributed by atoms with E-state index >= 15 is 0 Å². The van der Waals surface area contributed by atoms with Crippen molar-refractivity contribution >= 4 is 52.9 Å². The van der Waals surface area contributed by atoms with Gasteiger partial charge in [0.25, 0.3) is 11.3 Å². The lowest BCUT2D eigenvalue weighted by atomic mass is 10.0. The Labute approximate surface area is 227 Å². The summed E-state index contributed by atoms with van der Waals surface area (Å²) in [6.45, 7) is 6.13. The van der Waals surface area contributed by atoms with Crippen molar-refractivity contribution in [2.24, 2.45) is 0 Å². The minimum absolute atomic E-state index is 0.0102. The van der Waals surface area contributed by atoms with Crippen LogP contribution in [0.1, 0.15) is 34.6 Å². The van der Waals surface area contributed by atoms with Gasteiger partial charge in [0.05, 0.1) is 13.2 Å². The number of hydrogen-bond donors (Lipinski definition) is 3. The molecule has 0 saturated carbocycles. The van der Waals surface area contributed by atoms with E-state index < -0.39 is 59.8 Å². The third-order valence-corrected chi connectivity index (χ3v) is 5.45. The van der Waals surface area contributed by atoms with Crippen LogP contribution >= 0.6 is 11.8 Å². The predicted octanol–water partition coefficient (Wildman–Crippen LogP) is 0.503. The van der Waals surface area contributed by atoms with Gasteiger partial charge in [-0.2, -0.15) is 0 Å². The van der Waals surface area contributed by atoms with Crippen molar-refractivity contribution in [3.05, 3.63) is 22.1 Å². The number of aromatic nitrogens is 2. The summed E-state index contributed by atoms with van der Waals surface area (Å²) in [5.74, 6) is -4.28. The smallest absolute Gasteiger partial charge is 0.379 e. The van der Waals surface area contributed by atoms with Crippen LogP contribution in [0.5, 0.6) is 0 Å². The first-order valence-corrected chi connectivity index (χ1v) is 12.8. The highest BCUT2D eigenvalue weighted by atomic mass is 32.2. The first kappa shape index (κ1) is 31.3. The first-order chi connectivity index (χ1) is 18.4. The van der Waals surface area contributed by atoms with E-state index in [2.05, 4.69) is 25.3 Å². The van der Waals surface area contributed by atoms with Gasteiger partial charge in [0.2, 0.25) is 0 Å². The van der Waals surface area contributed by atoms with Crippen LogP contribution in [-0.2, 0) is 47.7 Å². The molecule has 0 spiro atoms. The van der Waals surface area contributed by atoms with Crippen LogP contribution in [0.25, 0.3) is 0 Å². The van der Waals surface area contributed by atoms with Crippen molar-refractivity contribution in [3.8, 4) is 0 Å². The molecule has 1 saturated heterocycles. The van der Waals surface area contributed by atoms with E-state index in [1.165, 1.54) is 6.92 Å². The Morgan fingerprint density at radius 2 is 1.67 bits per heavy atom. The predicted molar refractivity (Wildman–Crippen MR) is 136 cm³/mol. The molecule has 1 aliphatic rings. The Balaban J connectivity index is 2.47. The highest BCUT2D eigenvalue weighted by Crippen LogP contribution is 2.28.